The molecule has 0 radical (unpaired) electrons. The van der Waals surface area contributed by atoms with Crippen LogP contribution in [0, 0.1) is 13.8 Å². The third-order valence-corrected chi connectivity index (χ3v) is 5.77. The second-order valence-corrected chi connectivity index (χ2v) is 8.31. The maximum absolute atomic E-state index is 5.66. The number of piperazine rings is 1. The third kappa shape index (κ3) is 5.31. The fraction of sp³-hybridized carbons (Fsp3) is 0.435. The number of likely N-dealkylation sites (N-methyl/N-ethyl adjacent to an activating group) is 1. The van der Waals surface area contributed by atoms with Crippen molar-refractivity contribution in [2.45, 2.75) is 32.9 Å². The van der Waals surface area contributed by atoms with Crippen molar-refractivity contribution >= 4 is 23.0 Å². The van der Waals surface area contributed by atoms with Crippen molar-refractivity contribution in [3.63, 3.8) is 0 Å². The van der Waals surface area contributed by atoms with Gasteiger partial charge in [-0.2, -0.15) is 0 Å². The topological polar surface area (TPSA) is 30.5 Å². The first-order chi connectivity index (χ1) is 13.4. The average Bonchev–Trinajstić information content (AvgIpc) is 2.67. The first kappa shape index (κ1) is 20.8. The van der Waals surface area contributed by atoms with Gasteiger partial charge in [-0.1, -0.05) is 42.5 Å². The zero-order valence-corrected chi connectivity index (χ0v) is 18.2. The second kappa shape index (κ2) is 9.50. The first-order valence-corrected chi connectivity index (χ1v) is 10.5. The normalized spacial score (nSPS) is 17.7. The van der Waals surface area contributed by atoms with Gasteiger partial charge in [0.2, 0.25) is 0 Å². The van der Waals surface area contributed by atoms with E-state index in [1.54, 1.807) is 0 Å². The number of nitrogens with one attached hydrogen (secondary N) is 2. The minimum atomic E-state index is 0.191. The number of hydrogen-bond acceptors (Lipinski definition) is 3. The molecular weight excluding hydrogens is 364 g/mol. The third-order valence-electron chi connectivity index (χ3n) is 5.55. The van der Waals surface area contributed by atoms with Crippen LogP contribution in [0.4, 0.5) is 5.69 Å². The Morgan fingerprint density at radius 1 is 1.00 bits per heavy atom. The molecule has 0 spiro atoms. The van der Waals surface area contributed by atoms with E-state index in [-0.39, 0.29) is 12.1 Å². The van der Waals surface area contributed by atoms with Gasteiger partial charge >= 0.3 is 0 Å². The molecule has 5 heteroatoms. The summed E-state index contributed by atoms with van der Waals surface area (Å²) >= 11 is 5.66. The molecule has 1 aliphatic rings. The van der Waals surface area contributed by atoms with Gasteiger partial charge in [-0.25, -0.2) is 0 Å². The van der Waals surface area contributed by atoms with Gasteiger partial charge in [-0.05, 0) is 62.8 Å². The smallest absolute Gasteiger partial charge is 0.171 e. The Kier molecular flexibility index (Phi) is 7.05. The number of nitrogens with zero attached hydrogens (tertiary/aromatic N) is 2. The van der Waals surface area contributed by atoms with Crippen LogP contribution in [0.25, 0.3) is 0 Å². The molecule has 1 heterocycles. The molecule has 0 bridgehead atoms. The number of benzene rings is 2. The lowest BCUT2D eigenvalue weighted by Gasteiger charge is -2.41. The summed E-state index contributed by atoms with van der Waals surface area (Å²) in [5, 5.41) is 7.62. The Balaban J connectivity index is 1.72. The molecule has 0 amide bonds. The van der Waals surface area contributed by atoms with Crippen LogP contribution < -0.4 is 10.6 Å². The number of anilines is 1. The summed E-state index contributed by atoms with van der Waals surface area (Å²) in [5.41, 5.74) is 4.83. The van der Waals surface area contributed by atoms with Crippen LogP contribution in [-0.4, -0.2) is 54.2 Å². The first-order valence-electron chi connectivity index (χ1n) is 10.1. The highest BCUT2D eigenvalue weighted by Crippen LogP contribution is 2.26. The highest BCUT2D eigenvalue weighted by atomic mass is 32.1. The molecule has 2 aromatic rings. The van der Waals surface area contributed by atoms with E-state index in [1.807, 2.05) is 0 Å². The van der Waals surface area contributed by atoms with Crippen molar-refractivity contribution in [3.05, 3.63) is 65.2 Å². The molecule has 28 heavy (non-hydrogen) atoms. The van der Waals surface area contributed by atoms with E-state index in [0.29, 0.717) is 5.11 Å². The van der Waals surface area contributed by atoms with E-state index in [0.717, 1.165) is 31.9 Å². The summed E-state index contributed by atoms with van der Waals surface area (Å²) in [5.74, 6) is 0. The second-order valence-electron chi connectivity index (χ2n) is 7.90. The SMILES string of the molecule is Cc1ccc(C)c(NC(=S)N[C@H](C)[C@H](c2ccccc2)N2CCN(C)CC2)c1. The summed E-state index contributed by atoms with van der Waals surface area (Å²) < 4.78 is 0. The Bertz CT molecular complexity index is 784. The Morgan fingerprint density at radius 2 is 1.68 bits per heavy atom. The zero-order chi connectivity index (χ0) is 20.1. The average molecular weight is 397 g/mol. The highest BCUT2D eigenvalue weighted by molar-refractivity contribution is 7.80. The molecular formula is C23H32N4S. The monoisotopic (exact) mass is 396 g/mol. The summed E-state index contributed by atoms with van der Waals surface area (Å²) in [4.78, 5) is 4.97. The van der Waals surface area contributed by atoms with E-state index >= 15 is 0 Å². The molecule has 2 N–H and O–H groups in total. The lowest BCUT2D eigenvalue weighted by molar-refractivity contribution is 0.0973. The standard InChI is InChI=1S/C23H32N4S/c1-17-10-11-18(2)21(16-17)25-23(28)24-19(3)22(20-8-6-5-7-9-20)27-14-12-26(4)13-15-27/h5-11,16,19,22H,12-15H2,1-4H3,(H2,24,25,28)/t19-,22-/m1/s1. The molecule has 150 valence electrons. The molecule has 2 aromatic carbocycles. The van der Waals surface area contributed by atoms with E-state index in [2.05, 4.69) is 96.8 Å². The van der Waals surface area contributed by atoms with Crippen molar-refractivity contribution in [1.29, 1.82) is 0 Å². The summed E-state index contributed by atoms with van der Waals surface area (Å²) in [6, 6.07) is 17.6. The minimum Gasteiger partial charge on any atom is -0.358 e. The number of rotatable bonds is 5. The fourth-order valence-corrected chi connectivity index (χ4v) is 4.18. The lowest BCUT2D eigenvalue weighted by Crippen LogP contribution is -2.52. The molecule has 3 rings (SSSR count). The Labute approximate surface area is 174 Å². The Morgan fingerprint density at radius 3 is 2.36 bits per heavy atom. The van der Waals surface area contributed by atoms with Gasteiger partial charge in [0.25, 0.3) is 0 Å². The molecule has 0 aromatic heterocycles. The number of thiocarbonyl (C=S) groups is 1. The van der Waals surface area contributed by atoms with Gasteiger partial charge in [0.15, 0.2) is 5.11 Å². The lowest BCUT2D eigenvalue weighted by atomic mass is 9.98. The largest absolute Gasteiger partial charge is 0.358 e. The molecule has 4 nitrogen and oxygen atoms in total. The molecule has 2 atom stereocenters. The molecule has 0 aliphatic carbocycles. The summed E-state index contributed by atoms with van der Waals surface area (Å²) in [6.07, 6.45) is 0. The molecule has 1 saturated heterocycles. The predicted molar refractivity (Wildman–Crippen MR) is 123 cm³/mol. The van der Waals surface area contributed by atoms with Crippen molar-refractivity contribution in [1.82, 2.24) is 15.1 Å². The van der Waals surface area contributed by atoms with Crippen molar-refractivity contribution in [2.24, 2.45) is 0 Å². The maximum Gasteiger partial charge on any atom is 0.171 e. The van der Waals surface area contributed by atoms with Gasteiger partial charge in [0.1, 0.15) is 0 Å². The van der Waals surface area contributed by atoms with Crippen LogP contribution in [0.1, 0.15) is 29.7 Å². The van der Waals surface area contributed by atoms with Crippen LogP contribution in [-0.2, 0) is 0 Å². The van der Waals surface area contributed by atoms with E-state index in [4.69, 9.17) is 12.2 Å². The van der Waals surface area contributed by atoms with Gasteiger partial charge in [-0.3, -0.25) is 4.90 Å². The van der Waals surface area contributed by atoms with Gasteiger partial charge < -0.3 is 15.5 Å². The number of hydrogen-bond donors (Lipinski definition) is 2. The fourth-order valence-electron chi connectivity index (χ4n) is 3.88. The van der Waals surface area contributed by atoms with Crippen LogP contribution in [0.3, 0.4) is 0 Å². The quantitative estimate of drug-likeness (QED) is 0.747. The van der Waals surface area contributed by atoms with Crippen molar-refractivity contribution in [2.75, 3.05) is 38.5 Å². The molecule has 0 unspecified atom stereocenters. The van der Waals surface area contributed by atoms with Crippen molar-refractivity contribution < 1.29 is 0 Å². The van der Waals surface area contributed by atoms with Gasteiger partial charge in [0, 0.05) is 37.9 Å². The van der Waals surface area contributed by atoms with E-state index < -0.39 is 0 Å². The zero-order valence-electron chi connectivity index (χ0n) is 17.4. The van der Waals surface area contributed by atoms with Gasteiger partial charge in [0.05, 0.1) is 6.04 Å². The van der Waals surface area contributed by atoms with Crippen LogP contribution >= 0.6 is 12.2 Å². The van der Waals surface area contributed by atoms with Crippen LogP contribution in [0.2, 0.25) is 0 Å². The summed E-state index contributed by atoms with van der Waals surface area (Å²) in [7, 11) is 2.19. The molecule has 0 saturated carbocycles. The number of aryl methyl sites for hydroxylation is 2. The van der Waals surface area contributed by atoms with Gasteiger partial charge in [-0.15, -0.1) is 0 Å². The minimum absolute atomic E-state index is 0.191. The Hall–Kier alpha value is -1.95. The summed E-state index contributed by atoms with van der Waals surface area (Å²) in [6.45, 7) is 10.8. The van der Waals surface area contributed by atoms with Crippen LogP contribution in [0.15, 0.2) is 48.5 Å². The van der Waals surface area contributed by atoms with Crippen molar-refractivity contribution in [3.8, 4) is 0 Å². The molecule has 1 fully saturated rings. The maximum atomic E-state index is 5.66. The van der Waals surface area contributed by atoms with E-state index in [1.165, 1.54) is 16.7 Å². The van der Waals surface area contributed by atoms with Crippen LogP contribution in [0.5, 0.6) is 0 Å². The molecule has 1 aliphatic heterocycles. The highest BCUT2D eigenvalue weighted by Gasteiger charge is 2.28. The van der Waals surface area contributed by atoms with E-state index in [9.17, 15) is 0 Å². The predicted octanol–water partition coefficient (Wildman–Crippen LogP) is 3.97.